The molecule has 0 bridgehead atoms. The fraction of sp³-hybridized carbons (Fsp3) is 0.395. The number of fused-ring (bicyclic) bond motifs is 1. The molecule has 0 spiro atoms. The predicted molar refractivity (Wildman–Crippen MR) is 186 cm³/mol. The lowest BCUT2D eigenvalue weighted by molar-refractivity contribution is -0.155. The Hall–Kier alpha value is -5.19. The van der Waals surface area contributed by atoms with Crippen LogP contribution in [0.4, 0.5) is 4.79 Å². The minimum absolute atomic E-state index is 0.0283. The van der Waals surface area contributed by atoms with E-state index >= 15 is 0 Å². The van der Waals surface area contributed by atoms with Gasteiger partial charge in [-0.05, 0) is 55.0 Å². The highest BCUT2D eigenvalue weighted by Gasteiger charge is 2.32. The van der Waals surface area contributed by atoms with Gasteiger partial charge in [0.15, 0.2) is 0 Å². The van der Waals surface area contributed by atoms with Crippen molar-refractivity contribution < 1.29 is 38.2 Å². The predicted octanol–water partition coefficient (Wildman–Crippen LogP) is 5.15. The van der Waals surface area contributed by atoms with Gasteiger partial charge in [-0.2, -0.15) is 0 Å². The lowest BCUT2D eigenvalue weighted by atomic mass is 9.97. The van der Waals surface area contributed by atoms with Gasteiger partial charge in [0.25, 0.3) is 0 Å². The van der Waals surface area contributed by atoms with Gasteiger partial charge in [-0.25, -0.2) is 9.59 Å². The Morgan fingerprint density at radius 3 is 2.12 bits per heavy atom. The number of carbonyl (C=O) groups is 5. The number of amides is 3. The molecule has 0 aromatic heterocycles. The number of carbonyl (C=O) groups excluding carboxylic acids is 5. The van der Waals surface area contributed by atoms with Gasteiger partial charge in [0.2, 0.25) is 11.8 Å². The van der Waals surface area contributed by atoms with Gasteiger partial charge < -0.3 is 30.2 Å². The molecule has 262 valence electrons. The minimum Gasteiger partial charge on any atom is -0.460 e. The molecule has 0 aliphatic heterocycles. The second-order valence-electron chi connectivity index (χ2n) is 12.9. The molecule has 3 atom stereocenters. The van der Waals surface area contributed by atoms with E-state index in [1.165, 1.54) is 6.08 Å². The number of alkyl carbamates (subject to hydrolysis) is 1. The van der Waals surface area contributed by atoms with E-state index in [0.29, 0.717) is 0 Å². The number of nitrogens with one attached hydrogen (secondary N) is 3. The average molecular weight is 674 g/mol. The van der Waals surface area contributed by atoms with E-state index in [1.54, 1.807) is 58.9 Å². The molecule has 0 fully saturated rings. The Labute approximate surface area is 287 Å². The molecule has 0 aliphatic carbocycles. The fourth-order valence-electron chi connectivity index (χ4n) is 4.99. The third-order valence-corrected chi connectivity index (χ3v) is 7.38. The molecule has 0 saturated carbocycles. The van der Waals surface area contributed by atoms with Crippen LogP contribution in [0.1, 0.15) is 58.6 Å². The molecular formula is C38H47N3O8. The number of benzene rings is 3. The van der Waals surface area contributed by atoms with Crippen LogP contribution < -0.4 is 16.0 Å². The van der Waals surface area contributed by atoms with Crippen LogP contribution in [0.15, 0.2) is 85.5 Å². The van der Waals surface area contributed by atoms with E-state index < -0.39 is 53.6 Å². The lowest BCUT2D eigenvalue weighted by Crippen LogP contribution is -2.57. The van der Waals surface area contributed by atoms with E-state index in [0.717, 1.165) is 21.9 Å². The Kier molecular flexibility index (Phi) is 14.4. The highest BCUT2D eigenvalue weighted by molar-refractivity contribution is 5.94. The maximum absolute atomic E-state index is 13.9. The quantitative estimate of drug-likeness (QED) is 0.107. The summed E-state index contributed by atoms with van der Waals surface area (Å²) in [4.78, 5) is 66.1. The maximum atomic E-state index is 13.9. The minimum atomic E-state index is -1.27. The first kappa shape index (κ1) is 38.3. The first-order valence-corrected chi connectivity index (χ1v) is 16.3. The van der Waals surface area contributed by atoms with Crippen molar-refractivity contribution in [3.63, 3.8) is 0 Å². The van der Waals surface area contributed by atoms with Gasteiger partial charge in [-0.3, -0.25) is 14.4 Å². The van der Waals surface area contributed by atoms with Crippen LogP contribution in [-0.4, -0.2) is 60.2 Å². The van der Waals surface area contributed by atoms with Crippen LogP contribution in [-0.2, 0) is 46.4 Å². The zero-order chi connectivity index (χ0) is 36.0. The van der Waals surface area contributed by atoms with E-state index in [1.807, 2.05) is 48.5 Å². The van der Waals surface area contributed by atoms with Crippen molar-refractivity contribution in [3.05, 3.63) is 96.6 Å². The smallest absolute Gasteiger partial charge is 0.408 e. The molecule has 0 heterocycles. The molecule has 0 saturated heterocycles. The summed E-state index contributed by atoms with van der Waals surface area (Å²) in [6, 6.07) is 18.8. The fourth-order valence-corrected chi connectivity index (χ4v) is 4.99. The van der Waals surface area contributed by atoms with Crippen LogP contribution in [0.5, 0.6) is 0 Å². The molecule has 0 aliphatic rings. The first-order chi connectivity index (χ1) is 23.3. The molecular weight excluding hydrogens is 626 g/mol. The van der Waals surface area contributed by atoms with Crippen molar-refractivity contribution in [3.8, 4) is 0 Å². The molecule has 3 amide bonds. The van der Waals surface area contributed by atoms with Crippen LogP contribution in [0, 0.1) is 5.92 Å². The van der Waals surface area contributed by atoms with Crippen molar-refractivity contribution in [2.45, 2.75) is 84.2 Å². The van der Waals surface area contributed by atoms with Gasteiger partial charge in [-0.1, -0.05) is 99.3 Å². The number of hydrogen-bond acceptors (Lipinski definition) is 8. The molecule has 49 heavy (non-hydrogen) atoms. The summed E-state index contributed by atoms with van der Waals surface area (Å²) in [5, 5.41) is 9.88. The zero-order valence-corrected chi connectivity index (χ0v) is 28.8. The molecule has 0 radical (unpaired) electrons. The van der Waals surface area contributed by atoms with Gasteiger partial charge in [0, 0.05) is 12.8 Å². The Balaban J connectivity index is 1.89. The van der Waals surface area contributed by atoms with Crippen molar-refractivity contribution in [1.29, 1.82) is 0 Å². The number of rotatable bonds is 16. The monoisotopic (exact) mass is 673 g/mol. The molecule has 11 nitrogen and oxygen atoms in total. The topological polar surface area (TPSA) is 149 Å². The van der Waals surface area contributed by atoms with Gasteiger partial charge in [-0.15, -0.1) is 0 Å². The van der Waals surface area contributed by atoms with Crippen molar-refractivity contribution >= 4 is 40.6 Å². The SMILES string of the molecule is C=CCOC(=O)C(NC(=O)C(Cc1cccc2ccccc12)NC(=O)C(CCC(=O)OC(C)(C)C)NC(=O)OCc1ccccc1)C(C)C. The summed E-state index contributed by atoms with van der Waals surface area (Å²) in [5.41, 5.74) is 0.762. The molecule has 3 aromatic carbocycles. The summed E-state index contributed by atoms with van der Waals surface area (Å²) >= 11 is 0. The normalized spacial score (nSPS) is 13.0. The van der Waals surface area contributed by atoms with Gasteiger partial charge in [0.1, 0.15) is 36.9 Å². The second kappa shape index (κ2) is 18.4. The summed E-state index contributed by atoms with van der Waals surface area (Å²) in [6.45, 7) is 12.2. The zero-order valence-electron chi connectivity index (χ0n) is 28.8. The van der Waals surface area contributed by atoms with Crippen LogP contribution in [0.3, 0.4) is 0 Å². The number of esters is 2. The molecule has 3 unspecified atom stereocenters. The largest absolute Gasteiger partial charge is 0.460 e. The molecule has 3 N–H and O–H groups in total. The molecule has 3 aromatic rings. The first-order valence-electron chi connectivity index (χ1n) is 16.3. The Bertz CT molecular complexity index is 1590. The van der Waals surface area contributed by atoms with E-state index in [4.69, 9.17) is 14.2 Å². The van der Waals surface area contributed by atoms with Gasteiger partial charge >= 0.3 is 18.0 Å². The molecule has 11 heteroatoms. The van der Waals surface area contributed by atoms with E-state index in [-0.39, 0.29) is 38.4 Å². The second-order valence-corrected chi connectivity index (χ2v) is 12.9. The summed E-state index contributed by atoms with van der Waals surface area (Å²) in [5.74, 6) is -2.90. The summed E-state index contributed by atoms with van der Waals surface area (Å²) in [7, 11) is 0. The van der Waals surface area contributed by atoms with E-state index in [2.05, 4.69) is 22.5 Å². The third kappa shape index (κ3) is 12.7. The Morgan fingerprint density at radius 1 is 0.796 bits per heavy atom. The highest BCUT2D eigenvalue weighted by Crippen LogP contribution is 2.20. The maximum Gasteiger partial charge on any atom is 0.408 e. The number of hydrogen-bond donors (Lipinski definition) is 3. The van der Waals surface area contributed by atoms with Crippen LogP contribution >= 0.6 is 0 Å². The van der Waals surface area contributed by atoms with E-state index in [9.17, 15) is 24.0 Å². The molecule has 3 rings (SSSR count). The standard InChI is InChI=1S/C38H47N3O8/c1-7-22-47-36(45)33(25(2)3)41-35(44)31(23-28-18-13-17-27-16-11-12-19-29(27)28)39-34(43)30(20-21-32(42)49-38(4,5)6)40-37(46)48-24-26-14-9-8-10-15-26/h7-19,25,30-31,33H,1,20-24H2,2-6H3,(H,39,43)(H,40,46)(H,41,44). The van der Waals surface area contributed by atoms with Crippen LogP contribution in [0.2, 0.25) is 0 Å². The highest BCUT2D eigenvalue weighted by atomic mass is 16.6. The summed E-state index contributed by atoms with van der Waals surface area (Å²) < 4.78 is 16.0. The van der Waals surface area contributed by atoms with Crippen molar-refractivity contribution in [2.24, 2.45) is 5.92 Å². The lowest BCUT2D eigenvalue weighted by Gasteiger charge is -2.27. The Morgan fingerprint density at radius 2 is 1.45 bits per heavy atom. The average Bonchev–Trinajstić information content (AvgIpc) is 3.06. The number of ether oxygens (including phenoxy) is 3. The van der Waals surface area contributed by atoms with Crippen molar-refractivity contribution in [2.75, 3.05) is 6.61 Å². The van der Waals surface area contributed by atoms with Crippen molar-refractivity contribution in [1.82, 2.24) is 16.0 Å². The van der Waals surface area contributed by atoms with Crippen LogP contribution in [0.25, 0.3) is 10.8 Å². The van der Waals surface area contributed by atoms with Gasteiger partial charge in [0.05, 0.1) is 0 Å². The summed E-state index contributed by atoms with van der Waals surface area (Å²) in [6.07, 6.45) is 0.275. The third-order valence-electron chi connectivity index (χ3n) is 7.38.